The number of nitrogens with two attached hydrogens (primary N) is 1. The number of hydrogen-bond acceptors (Lipinski definition) is 3. The van der Waals surface area contributed by atoms with Gasteiger partial charge in [0.25, 0.3) is 0 Å². The van der Waals surface area contributed by atoms with Crippen LogP contribution in [0.4, 0.5) is 10.3 Å². The summed E-state index contributed by atoms with van der Waals surface area (Å²) in [6, 6.07) is 14.5. The highest BCUT2D eigenvalue weighted by molar-refractivity contribution is 5.86. The predicted molar refractivity (Wildman–Crippen MR) is 76.5 cm³/mol. The van der Waals surface area contributed by atoms with Gasteiger partial charge in [0.05, 0.1) is 5.56 Å². The Morgan fingerprint density at radius 1 is 1.05 bits per heavy atom. The molecule has 0 saturated heterocycles. The molecule has 0 aliphatic rings. The maximum atomic E-state index is 13.4. The highest BCUT2D eigenvalue weighted by Crippen LogP contribution is 2.36. The topological polar surface area (TPSA) is 52.0 Å². The zero-order valence-corrected chi connectivity index (χ0v) is 10.9. The van der Waals surface area contributed by atoms with Crippen LogP contribution in [0.15, 0.2) is 53.1 Å². The van der Waals surface area contributed by atoms with E-state index < -0.39 is 0 Å². The minimum Gasteiger partial charge on any atom is -0.367 e. The Morgan fingerprint density at radius 2 is 1.80 bits per heavy atom. The zero-order valence-electron chi connectivity index (χ0n) is 10.9. The molecular weight excluding hydrogens is 255 g/mol. The van der Waals surface area contributed by atoms with Gasteiger partial charge in [-0.15, -0.1) is 0 Å². The number of aromatic nitrogens is 1. The third-order valence-electron chi connectivity index (χ3n) is 3.21. The molecule has 3 rings (SSSR count). The SMILES string of the molecule is Cc1cc(-c2noc(N)c2-c2ccccc2)ccc1F. The lowest BCUT2D eigenvalue weighted by Gasteiger charge is -2.04. The standard InChI is InChI=1S/C16H13FN2O/c1-10-9-12(7-8-13(10)17)15-14(16(18)20-19-15)11-5-3-2-4-6-11/h2-9H,18H2,1H3. The summed E-state index contributed by atoms with van der Waals surface area (Å²) in [7, 11) is 0. The lowest BCUT2D eigenvalue weighted by molar-refractivity contribution is 0.439. The maximum absolute atomic E-state index is 13.4. The summed E-state index contributed by atoms with van der Waals surface area (Å²) >= 11 is 0. The Labute approximate surface area is 115 Å². The largest absolute Gasteiger partial charge is 0.367 e. The van der Waals surface area contributed by atoms with E-state index in [1.54, 1.807) is 19.1 Å². The van der Waals surface area contributed by atoms with Crippen LogP contribution in [0.5, 0.6) is 0 Å². The first-order valence-electron chi connectivity index (χ1n) is 6.24. The molecule has 0 aliphatic carbocycles. The highest BCUT2D eigenvalue weighted by atomic mass is 19.1. The normalized spacial score (nSPS) is 10.7. The number of anilines is 1. The molecule has 0 aliphatic heterocycles. The molecule has 2 N–H and O–H groups in total. The van der Waals surface area contributed by atoms with Crippen molar-refractivity contribution >= 4 is 5.88 Å². The van der Waals surface area contributed by atoms with E-state index in [-0.39, 0.29) is 11.7 Å². The third kappa shape index (κ3) is 2.05. The fourth-order valence-corrected chi connectivity index (χ4v) is 2.18. The molecule has 0 radical (unpaired) electrons. The van der Waals surface area contributed by atoms with Crippen LogP contribution in [0.1, 0.15) is 5.56 Å². The van der Waals surface area contributed by atoms with Crippen LogP contribution < -0.4 is 5.73 Å². The molecule has 100 valence electrons. The van der Waals surface area contributed by atoms with Gasteiger partial charge < -0.3 is 10.3 Å². The van der Waals surface area contributed by atoms with Crippen molar-refractivity contribution in [3.8, 4) is 22.4 Å². The number of nitrogen functional groups attached to an aromatic ring is 1. The summed E-state index contributed by atoms with van der Waals surface area (Å²) in [6.45, 7) is 1.71. The van der Waals surface area contributed by atoms with Gasteiger partial charge in [-0.2, -0.15) is 0 Å². The lowest BCUT2D eigenvalue weighted by atomic mass is 10.00. The van der Waals surface area contributed by atoms with Crippen molar-refractivity contribution < 1.29 is 8.91 Å². The molecular formula is C16H13FN2O. The molecule has 0 amide bonds. The van der Waals surface area contributed by atoms with Crippen molar-refractivity contribution in [2.45, 2.75) is 6.92 Å². The number of halogens is 1. The molecule has 0 spiro atoms. The molecule has 0 bridgehead atoms. The quantitative estimate of drug-likeness (QED) is 0.763. The summed E-state index contributed by atoms with van der Waals surface area (Å²) in [4.78, 5) is 0. The number of rotatable bonds is 2. The second-order valence-corrected chi connectivity index (χ2v) is 4.60. The first kappa shape index (κ1) is 12.4. The smallest absolute Gasteiger partial charge is 0.230 e. The summed E-state index contributed by atoms with van der Waals surface area (Å²) in [5.74, 6) is 0.0136. The van der Waals surface area contributed by atoms with Crippen LogP contribution >= 0.6 is 0 Å². The van der Waals surface area contributed by atoms with Gasteiger partial charge >= 0.3 is 0 Å². The molecule has 3 nitrogen and oxygen atoms in total. The Balaban J connectivity index is 2.18. The van der Waals surface area contributed by atoms with Crippen molar-refractivity contribution in [2.75, 3.05) is 5.73 Å². The second kappa shape index (κ2) is 4.81. The first-order chi connectivity index (χ1) is 9.66. The molecule has 20 heavy (non-hydrogen) atoms. The van der Waals surface area contributed by atoms with Crippen molar-refractivity contribution in [1.82, 2.24) is 5.16 Å². The van der Waals surface area contributed by atoms with Crippen molar-refractivity contribution in [1.29, 1.82) is 0 Å². The molecule has 2 aromatic carbocycles. The van der Waals surface area contributed by atoms with E-state index in [0.29, 0.717) is 11.3 Å². The predicted octanol–water partition coefficient (Wildman–Crippen LogP) is 4.04. The fraction of sp³-hybridized carbons (Fsp3) is 0.0625. The van der Waals surface area contributed by atoms with E-state index in [1.807, 2.05) is 30.3 Å². The average molecular weight is 268 g/mol. The van der Waals surface area contributed by atoms with Gasteiger partial charge in [-0.25, -0.2) is 4.39 Å². The van der Waals surface area contributed by atoms with Crippen LogP contribution in [0.25, 0.3) is 22.4 Å². The molecule has 0 saturated carbocycles. The number of hydrogen-bond donors (Lipinski definition) is 1. The van der Waals surface area contributed by atoms with Crippen LogP contribution in [0, 0.1) is 12.7 Å². The van der Waals surface area contributed by atoms with Crippen molar-refractivity contribution in [2.24, 2.45) is 0 Å². The average Bonchev–Trinajstić information content (AvgIpc) is 2.85. The van der Waals surface area contributed by atoms with Gasteiger partial charge in [0, 0.05) is 5.56 Å². The molecule has 0 unspecified atom stereocenters. The van der Waals surface area contributed by atoms with Crippen LogP contribution in [-0.4, -0.2) is 5.16 Å². The van der Waals surface area contributed by atoms with E-state index in [2.05, 4.69) is 5.16 Å². The third-order valence-corrected chi connectivity index (χ3v) is 3.21. The molecule has 1 aromatic heterocycles. The van der Waals surface area contributed by atoms with Crippen LogP contribution in [0.2, 0.25) is 0 Å². The van der Waals surface area contributed by atoms with Gasteiger partial charge in [0.15, 0.2) is 0 Å². The molecule has 4 heteroatoms. The number of benzene rings is 2. The lowest BCUT2D eigenvalue weighted by Crippen LogP contribution is -1.89. The van der Waals surface area contributed by atoms with Crippen molar-refractivity contribution in [3.05, 3.63) is 59.9 Å². The Morgan fingerprint density at radius 3 is 2.50 bits per heavy atom. The van der Waals surface area contributed by atoms with Gasteiger partial charge in [-0.3, -0.25) is 0 Å². The van der Waals surface area contributed by atoms with Gasteiger partial charge in [0.1, 0.15) is 11.5 Å². The van der Waals surface area contributed by atoms with Crippen LogP contribution in [-0.2, 0) is 0 Å². The summed E-state index contributed by atoms with van der Waals surface area (Å²) < 4.78 is 18.5. The number of nitrogens with zero attached hydrogens (tertiary/aromatic N) is 1. The van der Waals surface area contributed by atoms with Crippen LogP contribution in [0.3, 0.4) is 0 Å². The highest BCUT2D eigenvalue weighted by Gasteiger charge is 2.17. The van der Waals surface area contributed by atoms with E-state index >= 15 is 0 Å². The Kier molecular flexibility index (Phi) is 2.99. The molecule has 1 heterocycles. The minimum absolute atomic E-state index is 0.244. The summed E-state index contributed by atoms with van der Waals surface area (Å²) in [5, 5.41) is 4.01. The van der Waals surface area contributed by atoms with Crippen molar-refractivity contribution in [3.63, 3.8) is 0 Å². The van der Waals surface area contributed by atoms with Gasteiger partial charge in [0.2, 0.25) is 5.88 Å². The second-order valence-electron chi connectivity index (χ2n) is 4.60. The summed E-state index contributed by atoms with van der Waals surface area (Å²) in [6.07, 6.45) is 0. The Bertz CT molecular complexity index is 750. The molecule has 0 atom stereocenters. The number of aryl methyl sites for hydroxylation is 1. The monoisotopic (exact) mass is 268 g/mol. The van der Waals surface area contributed by atoms with E-state index in [4.69, 9.17) is 10.3 Å². The van der Waals surface area contributed by atoms with E-state index in [9.17, 15) is 4.39 Å². The fourth-order valence-electron chi connectivity index (χ4n) is 2.18. The Hall–Kier alpha value is -2.62. The van der Waals surface area contributed by atoms with E-state index in [0.717, 1.165) is 16.7 Å². The van der Waals surface area contributed by atoms with E-state index in [1.165, 1.54) is 6.07 Å². The summed E-state index contributed by atoms with van der Waals surface area (Å²) in [5.41, 5.74) is 9.49. The van der Waals surface area contributed by atoms with Gasteiger partial charge in [-0.05, 0) is 36.2 Å². The molecule has 3 aromatic rings. The van der Waals surface area contributed by atoms with Gasteiger partial charge in [-0.1, -0.05) is 35.5 Å². The first-order valence-corrected chi connectivity index (χ1v) is 6.24. The maximum Gasteiger partial charge on any atom is 0.230 e. The minimum atomic E-state index is -0.244. The molecule has 0 fully saturated rings. The zero-order chi connectivity index (χ0) is 14.1.